The Bertz CT molecular complexity index is 791. The van der Waals surface area contributed by atoms with Crippen LogP contribution >= 0.6 is 11.8 Å². The number of carbonyl (C=O) groups excluding carboxylic acids is 2. The van der Waals surface area contributed by atoms with Crippen molar-refractivity contribution in [2.24, 2.45) is 0 Å². The fourth-order valence-electron chi connectivity index (χ4n) is 2.28. The minimum atomic E-state index is -1.42. The molecule has 6 nitrogen and oxygen atoms in total. The summed E-state index contributed by atoms with van der Waals surface area (Å²) < 4.78 is 10.6. The molecule has 0 radical (unpaired) electrons. The maximum Gasteiger partial charge on any atom is 0.256 e. The molecule has 0 unspecified atom stereocenters. The lowest BCUT2D eigenvalue weighted by molar-refractivity contribution is -0.254. The predicted octanol–water partition coefficient (Wildman–Crippen LogP) is 2.43. The molecule has 2 aromatic rings. The summed E-state index contributed by atoms with van der Waals surface area (Å²) in [6, 6.07) is 9.76. The second kappa shape index (κ2) is 8.43. The fourth-order valence-corrected chi connectivity index (χ4v) is 2.88. The Morgan fingerprint density at radius 3 is 2.48 bits per heavy atom. The highest BCUT2D eigenvalue weighted by Gasteiger charge is 2.17. The van der Waals surface area contributed by atoms with E-state index >= 15 is 0 Å². The Balaban J connectivity index is 2.43. The van der Waals surface area contributed by atoms with Gasteiger partial charge in [0.15, 0.2) is 11.5 Å². The van der Waals surface area contributed by atoms with Gasteiger partial charge in [0.2, 0.25) is 0 Å². The average molecular weight is 360 g/mol. The first kappa shape index (κ1) is 18.7. The van der Waals surface area contributed by atoms with Crippen LogP contribution in [0.25, 0.3) is 0 Å². The maximum atomic E-state index is 12.6. The van der Waals surface area contributed by atoms with Gasteiger partial charge in [0.25, 0.3) is 5.91 Å². The molecule has 0 aliphatic carbocycles. The highest BCUT2D eigenvalue weighted by molar-refractivity contribution is 7.98. The maximum absolute atomic E-state index is 12.6. The summed E-state index contributed by atoms with van der Waals surface area (Å²) >= 11 is 1.43. The van der Waals surface area contributed by atoms with Gasteiger partial charge < -0.3 is 24.7 Å². The topological polar surface area (TPSA) is 87.7 Å². The summed E-state index contributed by atoms with van der Waals surface area (Å²) in [4.78, 5) is 24.8. The van der Waals surface area contributed by atoms with Gasteiger partial charge in [0.1, 0.15) is 0 Å². The Morgan fingerprint density at radius 2 is 1.88 bits per heavy atom. The third-order valence-corrected chi connectivity index (χ3v) is 4.22. The molecule has 0 heterocycles. The van der Waals surface area contributed by atoms with E-state index in [1.54, 1.807) is 19.1 Å². The van der Waals surface area contributed by atoms with Gasteiger partial charge in [-0.1, -0.05) is 12.1 Å². The van der Waals surface area contributed by atoms with Crippen LogP contribution in [0.4, 0.5) is 5.69 Å². The Morgan fingerprint density at radius 1 is 1.16 bits per heavy atom. The molecule has 132 valence electrons. The third kappa shape index (κ3) is 4.24. The second-order valence-corrected chi connectivity index (χ2v) is 5.77. The van der Waals surface area contributed by atoms with E-state index in [1.807, 2.05) is 18.4 Å². The number of hydrogen-bond acceptors (Lipinski definition) is 6. The molecule has 0 fully saturated rings. The smallest absolute Gasteiger partial charge is 0.256 e. The average Bonchev–Trinajstić information content (AvgIpc) is 2.62. The number of rotatable bonds is 7. The molecule has 1 amide bonds. The van der Waals surface area contributed by atoms with Crippen molar-refractivity contribution in [1.82, 2.24) is 0 Å². The van der Waals surface area contributed by atoms with E-state index in [0.717, 1.165) is 4.90 Å². The predicted molar refractivity (Wildman–Crippen MR) is 94.7 cm³/mol. The quantitative estimate of drug-likeness (QED) is 0.763. The lowest BCUT2D eigenvalue weighted by Crippen LogP contribution is -2.25. The number of methoxy groups -OCH3 is 1. The van der Waals surface area contributed by atoms with Crippen molar-refractivity contribution >= 4 is 29.3 Å². The van der Waals surface area contributed by atoms with E-state index in [9.17, 15) is 14.7 Å². The van der Waals surface area contributed by atoms with Crippen LogP contribution in [0.2, 0.25) is 0 Å². The molecular formula is C18H18NO5S-. The van der Waals surface area contributed by atoms with Crippen LogP contribution in [0.3, 0.4) is 0 Å². The molecule has 0 saturated carbocycles. The minimum Gasteiger partial charge on any atom is -0.545 e. The van der Waals surface area contributed by atoms with Crippen molar-refractivity contribution in [2.45, 2.75) is 11.8 Å². The highest BCUT2D eigenvalue weighted by atomic mass is 32.2. The first-order valence-corrected chi connectivity index (χ1v) is 8.74. The van der Waals surface area contributed by atoms with E-state index in [4.69, 9.17) is 9.47 Å². The molecule has 1 N–H and O–H groups in total. The van der Waals surface area contributed by atoms with Crippen LogP contribution < -0.4 is 19.9 Å². The van der Waals surface area contributed by atoms with Gasteiger partial charge in [-0.3, -0.25) is 4.79 Å². The van der Waals surface area contributed by atoms with Gasteiger partial charge in [0.05, 0.1) is 30.9 Å². The Labute approximate surface area is 150 Å². The normalized spacial score (nSPS) is 10.2. The van der Waals surface area contributed by atoms with Crippen LogP contribution in [0.1, 0.15) is 27.6 Å². The number of carbonyl (C=O) groups is 2. The van der Waals surface area contributed by atoms with Gasteiger partial charge in [-0.2, -0.15) is 0 Å². The first-order valence-electron chi connectivity index (χ1n) is 7.52. The third-order valence-electron chi connectivity index (χ3n) is 3.42. The summed E-state index contributed by atoms with van der Waals surface area (Å²) in [5.74, 6) is -1.25. The molecule has 0 spiro atoms. The molecule has 0 aliphatic rings. The lowest BCUT2D eigenvalue weighted by Gasteiger charge is -2.17. The zero-order valence-corrected chi connectivity index (χ0v) is 14.9. The zero-order valence-electron chi connectivity index (χ0n) is 14.1. The van der Waals surface area contributed by atoms with Crippen molar-refractivity contribution in [3.8, 4) is 11.5 Å². The Hall–Kier alpha value is -2.67. The molecule has 25 heavy (non-hydrogen) atoms. The van der Waals surface area contributed by atoms with E-state index in [1.165, 1.54) is 31.0 Å². The zero-order chi connectivity index (χ0) is 18.4. The number of hydrogen-bond donors (Lipinski definition) is 1. The Kier molecular flexibility index (Phi) is 6.30. The van der Waals surface area contributed by atoms with E-state index in [-0.39, 0.29) is 17.0 Å². The number of benzene rings is 2. The van der Waals surface area contributed by atoms with Crippen LogP contribution in [0.5, 0.6) is 11.5 Å². The SMILES string of the molecule is CCOc1cc(C(=O)[O-])c(NC(=O)c2ccccc2SC)cc1OC. The number of carboxylic acids is 1. The fraction of sp³-hybridized carbons (Fsp3) is 0.222. The van der Waals surface area contributed by atoms with Gasteiger partial charge >= 0.3 is 0 Å². The van der Waals surface area contributed by atoms with Gasteiger partial charge in [-0.15, -0.1) is 11.8 Å². The van der Waals surface area contributed by atoms with Crippen LogP contribution in [0.15, 0.2) is 41.3 Å². The lowest BCUT2D eigenvalue weighted by atomic mass is 10.1. The monoisotopic (exact) mass is 360 g/mol. The number of nitrogens with one attached hydrogen (secondary N) is 1. The molecule has 7 heteroatoms. The van der Waals surface area contributed by atoms with Crippen molar-refractivity contribution in [3.05, 3.63) is 47.5 Å². The summed E-state index contributed by atoms with van der Waals surface area (Å²) in [7, 11) is 1.44. The molecule has 0 bridgehead atoms. The summed E-state index contributed by atoms with van der Waals surface area (Å²) in [5.41, 5.74) is 0.354. The number of amides is 1. The van der Waals surface area contributed by atoms with Crippen molar-refractivity contribution in [1.29, 1.82) is 0 Å². The number of ether oxygens (including phenoxy) is 2. The molecule has 0 atom stereocenters. The standard InChI is InChI=1S/C18H19NO5S/c1-4-24-15-9-12(18(21)22)13(10-14(15)23-2)19-17(20)11-7-5-6-8-16(11)25-3/h5-10H,4H2,1-3H3,(H,19,20)(H,21,22)/p-1. The van der Waals surface area contributed by atoms with Gasteiger partial charge in [0, 0.05) is 16.5 Å². The van der Waals surface area contributed by atoms with Crippen molar-refractivity contribution in [2.75, 3.05) is 25.3 Å². The molecule has 0 aromatic heterocycles. The summed E-state index contributed by atoms with van der Waals surface area (Å²) in [6.07, 6.45) is 1.86. The molecular weight excluding hydrogens is 342 g/mol. The summed E-state index contributed by atoms with van der Waals surface area (Å²) in [5, 5.41) is 14.1. The first-order chi connectivity index (χ1) is 12.0. The van der Waals surface area contributed by atoms with Crippen molar-refractivity contribution < 1.29 is 24.2 Å². The summed E-state index contributed by atoms with van der Waals surface area (Å²) in [6.45, 7) is 2.11. The van der Waals surface area contributed by atoms with E-state index in [2.05, 4.69) is 5.32 Å². The molecule has 2 rings (SSSR count). The molecule has 0 aliphatic heterocycles. The van der Waals surface area contributed by atoms with Gasteiger partial charge in [-0.25, -0.2) is 0 Å². The number of carboxylic acid groups (broad SMARTS) is 1. The van der Waals surface area contributed by atoms with Crippen LogP contribution in [0, 0.1) is 0 Å². The number of anilines is 1. The van der Waals surface area contributed by atoms with Gasteiger partial charge in [-0.05, 0) is 31.4 Å². The second-order valence-electron chi connectivity index (χ2n) is 4.92. The van der Waals surface area contributed by atoms with Crippen molar-refractivity contribution in [3.63, 3.8) is 0 Å². The number of thioether (sulfide) groups is 1. The van der Waals surface area contributed by atoms with E-state index in [0.29, 0.717) is 17.9 Å². The van der Waals surface area contributed by atoms with Crippen LogP contribution in [-0.4, -0.2) is 31.8 Å². The minimum absolute atomic E-state index is 0.0845. The van der Waals surface area contributed by atoms with Crippen LogP contribution in [-0.2, 0) is 0 Å². The van der Waals surface area contributed by atoms with E-state index < -0.39 is 11.9 Å². The number of aromatic carboxylic acids is 1. The molecule has 2 aromatic carbocycles. The highest BCUT2D eigenvalue weighted by Crippen LogP contribution is 2.34. The largest absolute Gasteiger partial charge is 0.545 e. The molecule has 0 saturated heterocycles.